The fraction of sp³-hybridized carbons (Fsp3) is 0.625. The minimum absolute atomic E-state index is 0.0138. The van der Waals surface area contributed by atoms with Crippen molar-refractivity contribution in [3.05, 3.63) is 33.8 Å². The van der Waals surface area contributed by atoms with E-state index in [2.05, 4.69) is 44.3 Å². The lowest BCUT2D eigenvalue weighted by molar-refractivity contribution is -0.0226. The van der Waals surface area contributed by atoms with Gasteiger partial charge in [0.25, 0.3) is 0 Å². The van der Waals surface area contributed by atoms with Crippen molar-refractivity contribution in [2.45, 2.75) is 31.4 Å². The van der Waals surface area contributed by atoms with Crippen molar-refractivity contribution in [3.63, 3.8) is 0 Å². The molecule has 0 radical (unpaired) electrons. The Labute approximate surface area is 129 Å². The molecule has 1 saturated heterocycles. The molecule has 0 bridgehead atoms. The van der Waals surface area contributed by atoms with E-state index in [1.807, 2.05) is 7.11 Å². The molecule has 4 heteroatoms. The highest BCUT2D eigenvalue weighted by Crippen LogP contribution is 2.26. The summed E-state index contributed by atoms with van der Waals surface area (Å²) in [5, 5.41) is 3.44. The van der Waals surface area contributed by atoms with E-state index in [4.69, 9.17) is 4.74 Å². The lowest BCUT2D eigenvalue weighted by atomic mass is 10.0. The highest BCUT2D eigenvalue weighted by atomic mass is 79.9. The third-order valence-corrected chi connectivity index (χ3v) is 5.13. The molecule has 2 heterocycles. The van der Waals surface area contributed by atoms with Crippen LogP contribution in [0.3, 0.4) is 0 Å². The molecule has 1 fully saturated rings. The van der Waals surface area contributed by atoms with Crippen molar-refractivity contribution in [1.29, 1.82) is 0 Å². The van der Waals surface area contributed by atoms with Gasteiger partial charge in [0.15, 0.2) is 0 Å². The quantitative estimate of drug-likeness (QED) is 0.916. The summed E-state index contributed by atoms with van der Waals surface area (Å²) in [6, 6.07) is 6.71. The van der Waals surface area contributed by atoms with Gasteiger partial charge >= 0.3 is 0 Å². The molecule has 0 aliphatic carbocycles. The summed E-state index contributed by atoms with van der Waals surface area (Å²) < 4.78 is 7.03. The van der Waals surface area contributed by atoms with Crippen LogP contribution in [0.25, 0.3) is 0 Å². The number of benzene rings is 1. The van der Waals surface area contributed by atoms with Crippen LogP contribution in [0.15, 0.2) is 22.7 Å². The van der Waals surface area contributed by atoms with Crippen LogP contribution < -0.4 is 5.32 Å². The largest absolute Gasteiger partial charge is 0.376 e. The molecule has 1 aromatic rings. The summed E-state index contributed by atoms with van der Waals surface area (Å²) in [5.41, 5.74) is 2.99. The predicted octanol–water partition coefficient (Wildman–Crippen LogP) is 2.58. The number of nitrogens with zero attached hydrogens (tertiary/aromatic N) is 1. The van der Waals surface area contributed by atoms with E-state index in [1.165, 1.54) is 28.4 Å². The van der Waals surface area contributed by atoms with E-state index < -0.39 is 0 Å². The molecule has 1 atom stereocenters. The number of ether oxygens (including phenoxy) is 1. The Bertz CT molecular complexity index is 472. The van der Waals surface area contributed by atoms with Crippen molar-refractivity contribution >= 4 is 15.9 Å². The molecule has 1 N–H and O–H groups in total. The van der Waals surface area contributed by atoms with Crippen LogP contribution in [0, 0.1) is 0 Å². The average Bonchev–Trinajstić information content (AvgIpc) is 2.81. The first-order valence-corrected chi connectivity index (χ1v) is 8.26. The Kier molecular flexibility index (Phi) is 4.46. The fourth-order valence-corrected chi connectivity index (χ4v) is 3.84. The lowest BCUT2D eigenvalue weighted by Crippen LogP contribution is -2.46. The fourth-order valence-electron chi connectivity index (χ4n) is 3.43. The molecule has 0 spiro atoms. The van der Waals surface area contributed by atoms with Crippen LogP contribution in [0.5, 0.6) is 0 Å². The van der Waals surface area contributed by atoms with Crippen molar-refractivity contribution < 1.29 is 4.74 Å². The Morgan fingerprint density at radius 2 is 2.30 bits per heavy atom. The van der Waals surface area contributed by atoms with Gasteiger partial charge in [0, 0.05) is 31.2 Å². The zero-order valence-corrected chi connectivity index (χ0v) is 13.7. The van der Waals surface area contributed by atoms with Crippen LogP contribution in [0.4, 0.5) is 0 Å². The van der Waals surface area contributed by atoms with Crippen LogP contribution >= 0.6 is 15.9 Å². The topological polar surface area (TPSA) is 24.5 Å². The Morgan fingerprint density at radius 3 is 3.05 bits per heavy atom. The van der Waals surface area contributed by atoms with E-state index in [9.17, 15) is 0 Å². The van der Waals surface area contributed by atoms with Gasteiger partial charge in [-0.25, -0.2) is 0 Å². The second-order valence-electron chi connectivity index (χ2n) is 6.04. The third kappa shape index (κ3) is 3.08. The van der Waals surface area contributed by atoms with Gasteiger partial charge in [-0.2, -0.15) is 0 Å². The highest BCUT2D eigenvalue weighted by Gasteiger charge is 2.35. The predicted molar refractivity (Wildman–Crippen MR) is 85.0 cm³/mol. The summed E-state index contributed by atoms with van der Waals surface area (Å²) in [7, 11) is 1.86. The molecule has 2 aliphatic rings. The van der Waals surface area contributed by atoms with Crippen LogP contribution in [0.1, 0.15) is 24.0 Å². The molecule has 1 aromatic carbocycles. The van der Waals surface area contributed by atoms with Crippen molar-refractivity contribution in [2.24, 2.45) is 0 Å². The van der Waals surface area contributed by atoms with Gasteiger partial charge in [0.1, 0.15) is 0 Å². The molecule has 0 aromatic heterocycles. The normalized spacial score (nSPS) is 27.3. The van der Waals surface area contributed by atoms with Gasteiger partial charge < -0.3 is 10.1 Å². The van der Waals surface area contributed by atoms with Crippen molar-refractivity contribution in [2.75, 3.05) is 33.3 Å². The number of methoxy groups -OCH3 is 1. The molecule has 3 nitrogen and oxygen atoms in total. The Hall–Kier alpha value is -0.420. The molecule has 0 amide bonds. The van der Waals surface area contributed by atoms with Gasteiger partial charge in [-0.05, 0) is 55.6 Å². The van der Waals surface area contributed by atoms with Crippen LogP contribution in [-0.2, 0) is 17.7 Å². The lowest BCUT2D eigenvalue weighted by Gasteiger charge is -2.33. The van der Waals surface area contributed by atoms with E-state index in [-0.39, 0.29) is 5.60 Å². The maximum absolute atomic E-state index is 5.84. The third-order valence-electron chi connectivity index (χ3n) is 4.63. The van der Waals surface area contributed by atoms with Gasteiger partial charge in [0.2, 0.25) is 0 Å². The van der Waals surface area contributed by atoms with Crippen molar-refractivity contribution in [3.8, 4) is 0 Å². The van der Waals surface area contributed by atoms with Crippen molar-refractivity contribution in [1.82, 2.24) is 10.2 Å². The smallest absolute Gasteiger partial charge is 0.0940 e. The summed E-state index contributed by atoms with van der Waals surface area (Å²) in [4.78, 5) is 2.57. The molecule has 3 rings (SSSR count). The second-order valence-corrected chi connectivity index (χ2v) is 6.96. The number of aryl methyl sites for hydroxylation is 1. The average molecular weight is 339 g/mol. The zero-order chi connectivity index (χ0) is 14.0. The van der Waals surface area contributed by atoms with E-state index in [0.717, 1.165) is 39.1 Å². The molecule has 1 unspecified atom stereocenters. The highest BCUT2D eigenvalue weighted by molar-refractivity contribution is 9.10. The van der Waals surface area contributed by atoms with E-state index in [1.54, 1.807) is 0 Å². The Balaban J connectivity index is 1.74. The number of nitrogens with one attached hydrogen (secondary N) is 1. The number of hydrogen-bond acceptors (Lipinski definition) is 3. The van der Waals surface area contributed by atoms with Gasteiger partial charge in [-0.15, -0.1) is 0 Å². The monoisotopic (exact) mass is 338 g/mol. The maximum atomic E-state index is 5.84. The SMILES string of the molecule is COC1(CN2CCCc3cc(Br)ccc3C2)CCNC1. The summed E-state index contributed by atoms with van der Waals surface area (Å²) >= 11 is 3.58. The first-order chi connectivity index (χ1) is 9.71. The number of hydrogen-bond donors (Lipinski definition) is 1. The number of halogens is 1. The molecule has 20 heavy (non-hydrogen) atoms. The number of rotatable bonds is 3. The molecular formula is C16H23BrN2O. The van der Waals surface area contributed by atoms with Crippen LogP contribution in [0.2, 0.25) is 0 Å². The number of fused-ring (bicyclic) bond motifs is 1. The minimum atomic E-state index is 0.0138. The molecule has 110 valence electrons. The molecular weight excluding hydrogens is 316 g/mol. The van der Waals surface area contributed by atoms with E-state index in [0.29, 0.717) is 0 Å². The summed E-state index contributed by atoms with van der Waals surface area (Å²) in [6.45, 7) is 5.30. The standard InChI is InChI=1S/C16H23BrN2O/c1-20-16(6-7-18-11-16)12-19-8-2-3-13-9-15(17)5-4-14(13)10-19/h4-5,9,18H,2-3,6-8,10-12H2,1H3. The van der Waals surface area contributed by atoms with Gasteiger partial charge in [0.05, 0.1) is 5.60 Å². The van der Waals surface area contributed by atoms with E-state index >= 15 is 0 Å². The Morgan fingerprint density at radius 1 is 1.40 bits per heavy atom. The van der Waals surface area contributed by atoms with Crippen LogP contribution in [-0.4, -0.2) is 43.8 Å². The maximum Gasteiger partial charge on any atom is 0.0940 e. The molecule has 0 saturated carbocycles. The first kappa shape index (κ1) is 14.5. The summed E-state index contributed by atoms with van der Waals surface area (Å²) in [5.74, 6) is 0. The summed E-state index contributed by atoms with van der Waals surface area (Å²) in [6.07, 6.45) is 3.54. The van der Waals surface area contributed by atoms with Gasteiger partial charge in [-0.3, -0.25) is 4.90 Å². The minimum Gasteiger partial charge on any atom is -0.376 e. The first-order valence-electron chi connectivity index (χ1n) is 7.46. The van der Waals surface area contributed by atoms with Gasteiger partial charge in [-0.1, -0.05) is 22.0 Å². The zero-order valence-electron chi connectivity index (χ0n) is 12.1. The second kappa shape index (κ2) is 6.14. The molecule has 2 aliphatic heterocycles.